The van der Waals surface area contributed by atoms with Crippen LogP contribution < -0.4 is 15.4 Å². The minimum atomic E-state index is -4.46. The zero-order valence-corrected chi connectivity index (χ0v) is 17.4. The molecule has 10 heteroatoms. The smallest absolute Gasteiger partial charge is 0.416 e. The van der Waals surface area contributed by atoms with Crippen LogP contribution >= 0.6 is 0 Å². The highest BCUT2D eigenvalue weighted by molar-refractivity contribution is 5.99. The van der Waals surface area contributed by atoms with Gasteiger partial charge in [-0.15, -0.1) is 0 Å². The third-order valence-electron chi connectivity index (χ3n) is 5.05. The fourth-order valence-corrected chi connectivity index (χ4v) is 3.50. The Morgan fingerprint density at radius 3 is 2.62 bits per heavy atom. The number of para-hydroxylation sites is 1. The van der Waals surface area contributed by atoms with Gasteiger partial charge in [-0.3, -0.25) is 4.79 Å². The molecule has 0 aliphatic carbocycles. The number of hydrogen-bond donors (Lipinski definition) is 2. The topological polar surface area (TPSA) is 89.0 Å². The van der Waals surface area contributed by atoms with E-state index in [0.717, 1.165) is 17.7 Å². The highest BCUT2D eigenvalue weighted by Gasteiger charge is 2.30. The number of nitrogens with one attached hydrogen (secondary N) is 2. The maximum absolute atomic E-state index is 12.9. The first-order valence-corrected chi connectivity index (χ1v) is 10.2. The van der Waals surface area contributed by atoms with Crippen LogP contribution in [0, 0.1) is 0 Å². The van der Waals surface area contributed by atoms with Gasteiger partial charge in [-0.2, -0.15) is 13.2 Å². The molecule has 2 N–H and O–H groups in total. The van der Waals surface area contributed by atoms with E-state index in [1.165, 1.54) is 24.4 Å². The first kappa shape index (κ1) is 21.4. The van der Waals surface area contributed by atoms with E-state index in [0.29, 0.717) is 28.6 Å². The van der Waals surface area contributed by atoms with Crippen LogP contribution in [0.2, 0.25) is 0 Å². The molecule has 0 unspecified atom stereocenters. The molecule has 1 amide bonds. The van der Waals surface area contributed by atoms with Crippen molar-refractivity contribution in [3.05, 3.63) is 84.2 Å². The van der Waals surface area contributed by atoms with Gasteiger partial charge in [0.25, 0.3) is 0 Å². The molecule has 0 fully saturated rings. The molecule has 0 atom stereocenters. The van der Waals surface area contributed by atoms with Crippen molar-refractivity contribution >= 4 is 23.2 Å². The Bertz CT molecular complexity index is 1370. The minimum Gasteiger partial charge on any atom is -0.439 e. The van der Waals surface area contributed by atoms with Crippen molar-refractivity contribution in [1.29, 1.82) is 0 Å². The van der Waals surface area contributed by atoms with Crippen LogP contribution in [0.3, 0.4) is 0 Å². The fraction of sp³-hybridized carbons (Fsp3) is 0.0833. The van der Waals surface area contributed by atoms with Crippen LogP contribution in [-0.4, -0.2) is 20.9 Å². The van der Waals surface area contributed by atoms with E-state index in [4.69, 9.17) is 4.74 Å². The van der Waals surface area contributed by atoms with E-state index in [1.54, 1.807) is 12.3 Å². The molecule has 170 valence electrons. The molecule has 2 aromatic carbocycles. The molecule has 4 aromatic rings. The molecule has 0 radical (unpaired) electrons. The monoisotopic (exact) mass is 463 g/mol. The summed E-state index contributed by atoms with van der Waals surface area (Å²) in [6.07, 6.45) is -1.24. The molecule has 0 saturated carbocycles. The lowest BCUT2D eigenvalue weighted by atomic mass is 10.1. The summed E-state index contributed by atoms with van der Waals surface area (Å²) in [4.78, 5) is 25.2. The van der Waals surface area contributed by atoms with Crippen LogP contribution in [-0.2, 0) is 17.4 Å². The molecule has 0 saturated heterocycles. The number of carbonyl (C=O) groups excluding carboxylic acids is 1. The second-order valence-corrected chi connectivity index (χ2v) is 7.48. The summed E-state index contributed by atoms with van der Waals surface area (Å²) in [5.74, 6) is 0.317. The van der Waals surface area contributed by atoms with Gasteiger partial charge in [-0.1, -0.05) is 24.3 Å². The van der Waals surface area contributed by atoms with E-state index >= 15 is 0 Å². The molecule has 1 aliphatic heterocycles. The molecule has 34 heavy (non-hydrogen) atoms. The third kappa shape index (κ3) is 4.51. The Labute approximate surface area is 191 Å². The quantitative estimate of drug-likeness (QED) is 0.410. The average Bonchev–Trinajstić information content (AvgIpc) is 2.95. The van der Waals surface area contributed by atoms with Crippen molar-refractivity contribution in [3.63, 3.8) is 0 Å². The van der Waals surface area contributed by atoms with Crippen molar-refractivity contribution in [2.24, 2.45) is 0 Å². The summed E-state index contributed by atoms with van der Waals surface area (Å²) in [5, 5.41) is 5.91. The lowest BCUT2D eigenvalue weighted by molar-refractivity contribution is -0.137. The predicted molar refractivity (Wildman–Crippen MR) is 119 cm³/mol. The first-order chi connectivity index (χ1) is 16.3. The van der Waals surface area contributed by atoms with Gasteiger partial charge < -0.3 is 15.4 Å². The molecule has 1 aliphatic rings. The van der Waals surface area contributed by atoms with Gasteiger partial charge in [0, 0.05) is 23.4 Å². The number of fused-ring (bicyclic) bond motifs is 3. The predicted octanol–water partition coefficient (Wildman–Crippen LogP) is 5.59. The Hall–Kier alpha value is -4.47. The number of rotatable bonds is 4. The number of halogens is 3. The van der Waals surface area contributed by atoms with Crippen LogP contribution in [0.25, 0.3) is 11.3 Å². The van der Waals surface area contributed by atoms with Gasteiger partial charge in [0.05, 0.1) is 35.2 Å². The highest BCUT2D eigenvalue weighted by Crippen LogP contribution is 2.34. The van der Waals surface area contributed by atoms with E-state index in [2.05, 4.69) is 25.6 Å². The van der Waals surface area contributed by atoms with E-state index in [-0.39, 0.29) is 24.0 Å². The van der Waals surface area contributed by atoms with E-state index in [9.17, 15) is 18.0 Å². The Morgan fingerprint density at radius 2 is 1.82 bits per heavy atom. The third-order valence-corrected chi connectivity index (χ3v) is 5.05. The number of aromatic nitrogens is 3. The normalized spacial score (nSPS) is 12.7. The summed E-state index contributed by atoms with van der Waals surface area (Å²) in [6, 6.07) is 15.1. The van der Waals surface area contributed by atoms with Crippen molar-refractivity contribution in [3.8, 4) is 22.9 Å². The van der Waals surface area contributed by atoms with Crippen LogP contribution in [0.1, 0.15) is 11.1 Å². The summed E-state index contributed by atoms with van der Waals surface area (Å²) < 4.78 is 44.1. The number of nitrogens with zero attached hydrogens (tertiary/aromatic N) is 3. The zero-order chi connectivity index (χ0) is 23.7. The molecule has 0 bridgehead atoms. The molecule has 5 rings (SSSR count). The number of amides is 1. The summed E-state index contributed by atoms with van der Waals surface area (Å²) in [5.41, 5.74) is 2.56. The van der Waals surface area contributed by atoms with Gasteiger partial charge in [0.2, 0.25) is 17.7 Å². The lowest BCUT2D eigenvalue weighted by Gasteiger charge is -2.11. The SMILES string of the molecule is O=C1Cc2cnc(Nc3ccc(Oc4cccc(C(F)(F)F)c4)nc3)nc2-c2ccccc2N1. The van der Waals surface area contributed by atoms with Crippen LogP contribution in [0.5, 0.6) is 11.6 Å². The summed E-state index contributed by atoms with van der Waals surface area (Å²) in [7, 11) is 0. The summed E-state index contributed by atoms with van der Waals surface area (Å²) in [6.45, 7) is 0. The maximum Gasteiger partial charge on any atom is 0.416 e. The minimum absolute atomic E-state index is 0.0268. The van der Waals surface area contributed by atoms with Crippen molar-refractivity contribution < 1.29 is 22.7 Å². The number of alkyl halides is 3. The van der Waals surface area contributed by atoms with Gasteiger partial charge in [0.15, 0.2) is 0 Å². The number of carbonyl (C=O) groups is 1. The van der Waals surface area contributed by atoms with Crippen molar-refractivity contribution in [2.75, 3.05) is 10.6 Å². The highest BCUT2D eigenvalue weighted by atomic mass is 19.4. The largest absolute Gasteiger partial charge is 0.439 e. The Kier molecular flexibility index (Phi) is 5.33. The van der Waals surface area contributed by atoms with E-state index < -0.39 is 11.7 Å². The first-order valence-electron chi connectivity index (χ1n) is 10.2. The van der Waals surface area contributed by atoms with Gasteiger partial charge >= 0.3 is 6.18 Å². The fourth-order valence-electron chi connectivity index (χ4n) is 3.50. The number of hydrogen-bond acceptors (Lipinski definition) is 6. The average molecular weight is 463 g/mol. The second kappa shape index (κ2) is 8.47. The number of ether oxygens (including phenoxy) is 1. The van der Waals surface area contributed by atoms with Gasteiger partial charge in [0.1, 0.15) is 5.75 Å². The lowest BCUT2D eigenvalue weighted by Crippen LogP contribution is -2.12. The van der Waals surface area contributed by atoms with Crippen molar-refractivity contribution in [1.82, 2.24) is 15.0 Å². The Balaban J connectivity index is 1.35. The molecular formula is C24H16F3N5O2. The number of pyridine rings is 1. The van der Waals surface area contributed by atoms with Crippen LogP contribution in [0.4, 0.5) is 30.5 Å². The van der Waals surface area contributed by atoms with Gasteiger partial charge in [-0.05, 0) is 30.3 Å². The van der Waals surface area contributed by atoms with Crippen LogP contribution in [0.15, 0.2) is 73.1 Å². The summed E-state index contributed by atoms with van der Waals surface area (Å²) >= 11 is 0. The van der Waals surface area contributed by atoms with E-state index in [1.807, 2.05) is 24.3 Å². The second-order valence-electron chi connectivity index (χ2n) is 7.48. The maximum atomic E-state index is 12.9. The molecule has 3 heterocycles. The molecule has 7 nitrogen and oxygen atoms in total. The number of benzene rings is 2. The van der Waals surface area contributed by atoms with Crippen molar-refractivity contribution in [2.45, 2.75) is 12.6 Å². The number of anilines is 3. The standard InChI is InChI=1S/C24H16F3N5O2/c25-24(26,27)15-4-3-5-17(11-15)34-21-9-8-16(13-28-21)30-23-29-12-14-10-20(33)31-19-7-2-1-6-18(19)22(14)32-23/h1-9,11-13H,10H2,(H,31,33)(H,29,30,32). The van der Waals surface area contributed by atoms with Gasteiger partial charge in [-0.25, -0.2) is 15.0 Å². The molecule has 2 aromatic heterocycles. The molecular weight excluding hydrogens is 447 g/mol. The molecule has 0 spiro atoms. The zero-order valence-electron chi connectivity index (χ0n) is 17.4. The Morgan fingerprint density at radius 1 is 0.971 bits per heavy atom.